The van der Waals surface area contributed by atoms with Crippen molar-refractivity contribution in [2.24, 2.45) is 0 Å². The van der Waals surface area contributed by atoms with Crippen LogP contribution in [0.1, 0.15) is 16.7 Å². The molecule has 3 rings (SSSR count). The molecular formula is C19H11N. The van der Waals surface area contributed by atoms with Crippen molar-refractivity contribution in [3.05, 3.63) is 83.4 Å². The van der Waals surface area contributed by atoms with E-state index in [0.717, 1.165) is 16.5 Å². The SMILES string of the molecule is N#Cc1ccc(C#Cc2cccc3ccccc23)cc1. The average Bonchev–Trinajstić information content (AvgIpc) is 2.53. The molecule has 0 aromatic heterocycles. The minimum Gasteiger partial charge on any atom is -0.192 e. The fraction of sp³-hybridized carbons (Fsp3) is 0. The molecule has 0 unspecified atom stereocenters. The number of rotatable bonds is 0. The summed E-state index contributed by atoms with van der Waals surface area (Å²) in [6.07, 6.45) is 0. The molecule has 3 aromatic carbocycles. The predicted octanol–water partition coefficient (Wildman–Crippen LogP) is 4.11. The number of hydrogen-bond donors (Lipinski definition) is 0. The largest absolute Gasteiger partial charge is 0.192 e. The lowest BCUT2D eigenvalue weighted by atomic mass is 10.0. The zero-order valence-corrected chi connectivity index (χ0v) is 10.8. The van der Waals surface area contributed by atoms with Crippen molar-refractivity contribution < 1.29 is 0 Å². The van der Waals surface area contributed by atoms with Gasteiger partial charge in [-0.1, -0.05) is 48.2 Å². The van der Waals surface area contributed by atoms with Gasteiger partial charge in [-0.3, -0.25) is 0 Å². The summed E-state index contributed by atoms with van der Waals surface area (Å²) in [5.41, 5.74) is 2.59. The molecule has 3 aromatic rings. The Kier molecular flexibility index (Phi) is 3.19. The van der Waals surface area contributed by atoms with Gasteiger partial charge in [-0.2, -0.15) is 5.26 Å². The second kappa shape index (κ2) is 5.31. The first-order valence-electron chi connectivity index (χ1n) is 6.37. The molecule has 0 amide bonds. The van der Waals surface area contributed by atoms with Gasteiger partial charge in [-0.25, -0.2) is 0 Å². The fourth-order valence-corrected chi connectivity index (χ4v) is 2.10. The highest BCUT2D eigenvalue weighted by Gasteiger charge is 1.96. The Labute approximate surface area is 118 Å². The van der Waals surface area contributed by atoms with Crippen LogP contribution in [-0.2, 0) is 0 Å². The number of nitrogens with zero attached hydrogens (tertiary/aromatic N) is 1. The van der Waals surface area contributed by atoms with Crippen LogP contribution < -0.4 is 0 Å². The molecule has 0 bridgehead atoms. The summed E-state index contributed by atoms with van der Waals surface area (Å²) in [6, 6.07) is 23.8. The first-order chi connectivity index (χ1) is 9.86. The van der Waals surface area contributed by atoms with Crippen molar-refractivity contribution in [1.82, 2.24) is 0 Å². The highest BCUT2D eigenvalue weighted by molar-refractivity contribution is 5.88. The second-order valence-corrected chi connectivity index (χ2v) is 4.47. The van der Waals surface area contributed by atoms with Crippen molar-refractivity contribution in [2.45, 2.75) is 0 Å². The quantitative estimate of drug-likeness (QED) is 0.553. The number of fused-ring (bicyclic) bond motifs is 1. The molecule has 0 aliphatic rings. The normalized spacial score (nSPS) is 9.55. The van der Waals surface area contributed by atoms with Crippen LogP contribution in [0.2, 0.25) is 0 Å². The van der Waals surface area contributed by atoms with E-state index < -0.39 is 0 Å². The molecule has 0 fully saturated rings. The Hall–Kier alpha value is -3.03. The van der Waals surface area contributed by atoms with Gasteiger partial charge in [0.15, 0.2) is 0 Å². The zero-order chi connectivity index (χ0) is 13.8. The third kappa shape index (κ3) is 2.39. The fourth-order valence-electron chi connectivity index (χ4n) is 2.10. The first kappa shape index (κ1) is 12.0. The van der Waals surface area contributed by atoms with E-state index >= 15 is 0 Å². The van der Waals surface area contributed by atoms with Crippen LogP contribution in [0.4, 0.5) is 0 Å². The van der Waals surface area contributed by atoms with E-state index in [1.54, 1.807) is 12.1 Å². The number of hydrogen-bond acceptors (Lipinski definition) is 1. The Morgan fingerprint density at radius 2 is 1.35 bits per heavy atom. The van der Waals surface area contributed by atoms with Crippen LogP contribution >= 0.6 is 0 Å². The third-order valence-corrected chi connectivity index (χ3v) is 3.15. The minimum atomic E-state index is 0.653. The van der Waals surface area contributed by atoms with Crippen LogP contribution in [-0.4, -0.2) is 0 Å². The Balaban J connectivity index is 2.01. The van der Waals surface area contributed by atoms with Crippen molar-refractivity contribution in [3.8, 4) is 17.9 Å². The van der Waals surface area contributed by atoms with E-state index in [9.17, 15) is 0 Å². The molecular weight excluding hydrogens is 242 g/mol. The topological polar surface area (TPSA) is 23.8 Å². The van der Waals surface area contributed by atoms with Crippen LogP contribution in [0.3, 0.4) is 0 Å². The third-order valence-electron chi connectivity index (χ3n) is 3.15. The van der Waals surface area contributed by atoms with Crippen molar-refractivity contribution >= 4 is 10.8 Å². The summed E-state index contributed by atoms with van der Waals surface area (Å²) in [6.45, 7) is 0. The predicted molar refractivity (Wildman–Crippen MR) is 81.1 cm³/mol. The molecule has 0 atom stereocenters. The lowest BCUT2D eigenvalue weighted by Crippen LogP contribution is -1.80. The highest BCUT2D eigenvalue weighted by Crippen LogP contribution is 2.17. The molecule has 1 heteroatoms. The molecule has 0 saturated carbocycles. The van der Waals surface area contributed by atoms with E-state index in [1.165, 1.54) is 5.39 Å². The molecule has 1 nitrogen and oxygen atoms in total. The van der Waals surface area contributed by atoms with Gasteiger partial charge in [-0.15, -0.1) is 0 Å². The van der Waals surface area contributed by atoms with E-state index in [2.05, 4.69) is 36.1 Å². The first-order valence-corrected chi connectivity index (χ1v) is 6.37. The van der Waals surface area contributed by atoms with Crippen LogP contribution in [0.15, 0.2) is 66.7 Å². The highest BCUT2D eigenvalue weighted by atomic mass is 14.2. The maximum absolute atomic E-state index is 8.77. The van der Waals surface area contributed by atoms with Gasteiger partial charge >= 0.3 is 0 Å². The summed E-state index contributed by atoms with van der Waals surface area (Å²) >= 11 is 0. The van der Waals surface area contributed by atoms with Crippen LogP contribution in [0.5, 0.6) is 0 Å². The standard InChI is InChI=1S/C19H11N/c20-14-16-10-8-15(9-11-16)12-13-18-6-3-5-17-4-1-2-7-19(17)18/h1-11H. The van der Waals surface area contributed by atoms with Gasteiger partial charge in [0.05, 0.1) is 11.6 Å². The summed E-state index contributed by atoms with van der Waals surface area (Å²) in [7, 11) is 0. The lowest BCUT2D eigenvalue weighted by Gasteiger charge is -1.99. The maximum atomic E-state index is 8.77. The smallest absolute Gasteiger partial charge is 0.0991 e. The second-order valence-electron chi connectivity index (χ2n) is 4.47. The molecule has 92 valence electrons. The van der Waals surface area contributed by atoms with Gasteiger partial charge in [0.1, 0.15) is 0 Å². The van der Waals surface area contributed by atoms with Crippen molar-refractivity contribution in [1.29, 1.82) is 5.26 Å². The Morgan fingerprint density at radius 1 is 0.650 bits per heavy atom. The van der Waals surface area contributed by atoms with E-state index in [-0.39, 0.29) is 0 Å². The molecule has 0 saturated heterocycles. The maximum Gasteiger partial charge on any atom is 0.0991 e. The molecule has 20 heavy (non-hydrogen) atoms. The van der Waals surface area contributed by atoms with Gasteiger partial charge in [0.25, 0.3) is 0 Å². The number of nitriles is 1. The van der Waals surface area contributed by atoms with Gasteiger partial charge in [-0.05, 0) is 41.1 Å². The van der Waals surface area contributed by atoms with Crippen molar-refractivity contribution in [2.75, 3.05) is 0 Å². The number of benzene rings is 3. The molecule has 0 aliphatic heterocycles. The van der Waals surface area contributed by atoms with Gasteiger partial charge in [0, 0.05) is 11.1 Å². The van der Waals surface area contributed by atoms with Crippen LogP contribution in [0, 0.1) is 23.2 Å². The summed E-state index contributed by atoms with van der Waals surface area (Å²) in [5.74, 6) is 6.35. The summed E-state index contributed by atoms with van der Waals surface area (Å²) in [5, 5.41) is 11.1. The molecule has 0 spiro atoms. The monoisotopic (exact) mass is 253 g/mol. The minimum absolute atomic E-state index is 0.653. The summed E-state index contributed by atoms with van der Waals surface area (Å²) in [4.78, 5) is 0. The Bertz CT molecular complexity index is 851. The van der Waals surface area contributed by atoms with Crippen LogP contribution in [0.25, 0.3) is 10.8 Å². The van der Waals surface area contributed by atoms with E-state index in [4.69, 9.17) is 5.26 Å². The molecule has 0 heterocycles. The van der Waals surface area contributed by atoms with E-state index in [1.807, 2.05) is 36.4 Å². The van der Waals surface area contributed by atoms with E-state index in [0.29, 0.717) is 5.56 Å². The summed E-state index contributed by atoms with van der Waals surface area (Å²) < 4.78 is 0. The zero-order valence-electron chi connectivity index (χ0n) is 10.8. The average molecular weight is 253 g/mol. The van der Waals surface area contributed by atoms with Crippen molar-refractivity contribution in [3.63, 3.8) is 0 Å². The lowest BCUT2D eigenvalue weighted by molar-refractivity contribution is 1.48. The Morgan fingerprint density at radius 3 is 2.15 bits per heavy atom. The molecule has 0 radical (unpaired) electrons. The van der Waals surface area contributed by atoms with Gasteiger partial charge < -0.3 is 0 Å². The molecule has 0 N–H and O–H groups in total. The van der Waals surface area contributed by atoms with Gasteiger partial charge in [0.2, 0.25) is 0 Å². The molecule has 0 aliphatic carbocycles.